The first-order valence-electron chi connectivity index (χ1n) is 2.41. The van der Waals surface area contributed by atoms with Crippen molar-refractivity contribution in [1.29, 1.82) is 0 Å². The Morgan fingerprint density at radius 3 is 2.00 bits per heavy atom. The predicted molar refractivity (Wildman–Crippen MR) is 33.7 cm³/mol. The third-order valence-corrected chi connectivity index (χ3v) is 0.609. The van der Waals surface area contributed by atoms with Crippen molar-refractivity contribution in [1.82, 2.24) is 6.15 Å². The fraction of sp³-hybridized carbons (Fsp3) is 0.800. The summed E-state index contributed by atoms with van der Waals surface area (Å²) in [7, 11) is 0. The highest BCUT2D eigenvalue weighted by atomic mass is 16.1. The summed E-state index contributed by atoms with van der Waals surface area (Å²) in [6.45, 7) is 3.93. The SMILES string of the molecule is CC(C)CC(N)=O.N. The molecule has 0 unspecified atom stereocenters. The van der Waals surface area contributed by atoms with Crippen molar-refractivity contribution < 1.29 is 4.79 Å². The Bertz CT molecular complexity index is 70.8. The largest absolute Gasteiger partial charge is 0.370 e. The molecule has 0 aromatic heterocycles. The molecule has 0 aliphatic carbocycles. The van der Waals surface area contributed by atoms with E-state index in [1.54, 1.807) is 0 Å². The Labute approximate surface area is 49.8 Å². The summed E-state index contributed by atoms with van der Waals surface area (Å²) in [4.78, 5) is 10.0. The molecule has 0 aromatic rings. The Hall–Kier alpha value is -0.570. The Kier molecular flexibility index (Phi) is 5.97. The lowest BCUT2D eigenvalue weighted by Crippen LogP contribution is -2.12. The molecule has 0 saturated heterocycles. The van der Waals surface area contributed by atoms with Crippen LogP contribution in [0.2, 0.25) is 0 Å². The monoisotopic (exact) mass is 118 g/mol. The summed E-state index contributed by atoms with van der Waals surface area (Å²) in [5.74, 6) is 0.188. The van der Waals surface area contributed by atoms with Crippen molar-refractivity contribution in [3.63, 3.8) is 0 Å². The van der Waals surface area contributed by atoms with Crippen LogP contribution in [0, 0.1) is 5.92 Å². The number of carbonyl (C=O) groups excluding carboxylic acids is 1. The number of primary amides is 1. The van der Waals surface area contributed by atoms with Gasteiger partial charge in [0.15, 0.2) is 0 Å². The topological polar surface area (TPSA) is 78.1 Å². The molecule has 0 aliphatic rings. The lowest BCUT2D eigenvalue weighted by Gasteiger charge is -1.95. The predicted octanol–water partition coefficient (Wildman–Crippen LogP) is 0.680. The molecule has 3 heteroatoms. The van der Waals surface area contributed by atoms with E-state index in [4.69, 9.17) is 5.73 Å². The van der Waals surface area contributed by atoms with Gasteiger partial charge in [0.25, 0.3) is 0 Å². The van der Waals surface area contributed by atoms with Crippen molar-refractivity contribution >= 4 is 5.91 Å². The van der Waals surface area contributed by atoms with Crippen LogP contribution in [-0.4, -0.2) is 5.91 Å². The number of amides is 1. The summed E-state index contributed by atoms with van der Waals surface area (Å²) in [5.41, 5.74) is 4.85. The minimum atomic E-state index is -0.213. The molecule has 0 aliphatic heterocycles. The number of rotatable bonds is 2. The van der Waals surface area contributed by atoms with E-state index in [0.717, 1.165) is 0 Å². The highest BCUT2D eigenvalue weighted by Gasteiger charge is 1.96. The van der Waals surface area contributed by atoms with Gasteiger partial charge >= 0.3 is 0 Å². The van der Waals surface area contributed by atoms with Gasteiger partial charge in [-0.05, 0) is 5.92 Å². The van der Waals surface area contributed by atoms with Crippen LogP contribution in [0.1, 0.15) is 20.3 Å². The van der Waals surface area contributed by atoms with Crippen LogP contribution in [0.25, 0.3) is 0 Å². The fourth-order valence-electron chi connectivity index (χ4n) is 0.402. The summed E-state index contributed by atoms with van der Waals surface area (Å²) in [6.07, 6.45) is 0.500. The first-order valence-corrected chi connectivity index (χ1v) is 2.41. The van der Waals surface area contributed by atoms with Crippen molar-refractivity contribution in [3.8, 4) is 0 Å². The molecular weight excluding hydrogens is 104 g/mol. The first kappa shape index (κ1) is 10.4. The number of nitrogens with two attached hydrogens (primary N) is 1. The van der Waals surface area contributed by atoms with Gasteiger partial charge in [-0.2, -0.15) is 0 Å². The molecule has 0 heterocycles. The lowest BCUT2D eigenvalue weighted by atomic mass is 10.1. The van der Waals surface area contributed by atoms with Crippen LogP contribution in [0.15, 0.2) is 0 Å². The van der Waals surface area contributed by atoms with Gasteiger partial charge in [0.1, 0.15) is 0 Å². The first-order chi connectivity index (χ1) is 3.13. The molecular formula is C5H14N2O. The van der Waals surface area contributed by atoms with Crippen molar-refractivity contribution in [2.45, 2.75) is 20.3 Å². The summed E-state index contributed by atoms with van der Waals surface area (Å²) >= 11 is 0. The number of carbonyl (C=O) groups is 1. The molecule has 3 nitrogen and oxygen atoms in total. The normalized spacial score (nSPS) is 8.38. The maximum absolute atomic E-state index is 10.0. The quantitative estimate of drug-likeness (QED) is 0.559. The molecule has 1 amide bonds. The fourth-order valence-corrected chi connectivity index (χ4v) is 0.402. The lowest BCUT2D eigenvalue weighted by molar-refractivity contribution is -0.118. The molecule has 5 N–H and O–H groups in total. The zero-order valence-corrected chi connectivity index (χ0v) is 5.48. The minimum Gasteiger partial charge on any atom is -0.370 e. The molecule has 0 bridgehead atoms. The van der Waals surface area contributed by atoms with Crippen molar-refractivity contribution in [2.75, 3.05) is 0 Å². The molecule has 0 rings (SSSR count). The van der Waals surface area contributed by atoms with Gasteiger partial charge in [-0.25, -0.2) is 0 Å². The van der Waals surface area contributed by atoms with Gasteiger partial charge in [-0.1, -0.05) is 13.8 Å². The Morgan fingerprint density at radius 1 is 1.62 bits per heavy atom. The summed E-state index contributed by atoms with van der Waals surface area (Å²) < 4.78 is 0. The van der Waals surface area contributed by atoms with Gasteiger partial charge in [0.2, 0.25) is 5.91 Å². The number of hydrogen-bond acceptors (Lipinski definition) is 2. The maximum atomic E-state index is 10.0. The molecule has 0 spiro atoms. The van der Waals surface area contributed by atoms with Gasteiger partial charge in [0.05, 0.1) is 0 Å². The zero-order valence-electron chi connectivity index (χ0n) is 5.48. The summed E-state index contributed by atoms with van der Waals surface area (Å²) in [6, 6.07) is 0. The highest BCUT2D eigenvalue weighted by Crippen LogP contribution is 1.95. The molecule has 50 valence electrons. The Morgan fingerprint density at radius 2 is 2.00 bits per heavy atom. The molecule has 0 atom stereocenters. The Balaban J connectivity index is 0. The van der Waals surface area contributed by atoms with Gasteiger partial charge in [0, 0.05) is 6.42 Å². The van der Waals surface area contributed by atoms with Crippen molar-refractivity contribution in [3.05, 3.63) is 0 Å². The van der Waals surface area contributed by atoms with E-state index in [9.17, 15) is 4.79 Å². The van der Waals surface area contributed by atoms with Crippen LogP contribution >= 0.6 is 0 Å². The van der Waals surface area contributed by atoms with E-state index in [0.29, 0.717) is 12.3 Å². The highest BCUT2D eigenvalue weighted by molar-refractivity contribution is 5.73. The maximum Gasteiger partial charge on any atom is 0.217 e. The molecule has 0 fully saturated rings. The van der Waals surface area contributed by atoms with E-state index >= 15 is 0 Å². The van der Waals surface area contributed by atoms with Crippen LogP contribution in [-0.2, 0) is 4.79 Å². The van der Waals surface area contributed by atoms with E-state index in [2.05, 4.69) is 0 Å². The van der Waals surface area contributed by atoms with E-state index in [-0.39, 0.29) is 12.1 Å². The van der Waals surface area contributed by atoms with Crippen LogP contribution < -0.4 is 11.9 Å². The second-order valence-corrected chi connectivity index (χ2v) is 2.06. The third-order valence-electron chi connectivity index (χ3n) is 0.609. The average molecular weight is 118 g/mol. The molecule has 8 heavy (non-hydrogen) atoms. The molecule has 0 radical (unpaired) electrons. The van der Waals surface area contributed by atoms with Crippen LogP contribution in [0.4, 0.5) is 0 Å². The minimum absolute atomic E-state index is 0. The second-order valence-electron chi connectivity index (χ2n) is 2.06. The summed E-state index contributed by atoms with van der Waals surface area (Å²) in [5, 5.41) is 0. The third kappa shape index (κ3) is 9.06. The zero-order chi connectivity index (χ0) is 5.86. The molecule has 0 saturated carbocycles. The average Bonchev–Trinajstić information content (AvgIpc) is 1.27. The van der Waals surface area contributed by atoms with E-state index < -0.39 is 0 Å². The smallest absolute Gasteiger partial charge is 0.217 e. The van der Waals surface area contributed by atoms with E-state index in [1.165, 1.54) is 0 Å². The van der Waals surface area contributed by atoms with E-state index in [1.807, 2.05) is 13.8 Å². The standard InChI is InChI=1S/C5H11NO.H3N/c1-4(2)3-5(6)7;/h4H,3H2,1-2H3,(H2,6,7);1H3. The number of hydrogen-bond donors (Lipinski definition) is 2. The van der Waals surface area contributed by atoms with Crippen LogP contribution in [0.3, 0.4) is 0 Å². The second kappa shape index (κ2) is 4.59. The van der Waals surface area contributed by atoms with Crippen molar-refractivity contribution in [2.24, 2.45) is 11.7 Å². The molecule has 0 aromatic carbocycles. The van der Waals surface area contributed by atoms with Gasteiger partial charge in [-0.3, -0.25) is 4.79 Å². The van der Waals surface area contributed by atoms with Gasteiger partial charge in [-0.15, -0.1) is 0 Å². The van der Waals surface area contributed by atoms with Gasteiger partial charge < -0.3 is 11.9 Å². The van der Waals surface area contributed by atoms with Crippen LogP contribution in [0.5, 0.6) is 0 Å².